The van der Waals surface area contributed by atoms with Crippen molar-refractivity contribution < 1.29 is 0 Å². The van der Waals surface area contributed by atoms with Gasteiger partial charge < -0.3 is 15.1 Å². The number of piperidine rings is 1. The van der Waals surface area contributed by atoms with Gasteiger partial charge in [0.25, 0.3) is 0 Å². The monoisotopic (exact) mass is 354 g/mol. The fourth-order valence-electron chi connectivity index (χ4n) is 3.57. The van der Waals surface area contributed by atoms with E-state index in [4.69, 9.17) is 0 Å². The van der Waals surface area contributed by atoms with Crippen LogP contribution in [-0.2, 0) is 6.54 Å². The van der Waals surface area contributed by atoms with Crippen LogP contribution in [0.3, 0.4) is 0 Å². The van der Waals surface area contributed by atoms with Gasteiger partial charge in [-0.25, -0.2) is 4.68 Å². The van der Waals surface area contributed by atoms with E-state index < -0.39 is 0 Å². The number of aromatic nitrogens is 2. The third kappa shape index (κ3) is 4.85. The van der Waals surface area contributed by atoms with Gasteiger partial charge in [-0.05, 0) is 44.5 Å². The number of para-hydroxylation sites is 1. The Hall–Kier alpha value is -2.34. The molecule has 3 rings (SSSR count). The van der Waals surface area contributed by atoms with E-state index in [0.717, 1.165) is 36.8 Å². The van der Waals surface area contributed by atoms with Gasteiger partial charge in [0, 0.05) is 45.5 Å². The van der Waals surface area contributed by atoms with Crippen LogP contribution in [0.25, 0.3) is 5.69 Å². The zero-order chi connectivity index (χ0) is 18.4. The van der Waals surface area contributed by atoms with Crippen molar-refractivity contribution in [1.29, 1.82) is 0 Å². The van der Waals surface area contributed by atoms with E-state index in [1.54, 1.807) is 0 Å². The van der Waals surface area contributed by atoms with Crippen LogP contribution in [0.2, 0.25) is 0 Å². The molecule has 0 amide bonds. The number of hydrogen-bond donors (Lipinski definition) is 1. The van der Waals surface area contributed by atoms with Gasteiger partial charge in [0.15, 0.2) is 5.96 Å². The van der Waals surface area contributed by atoms with Crippen LogP contribution in [0.15, 0.2) is 47.7 Å². The van der Waals surface area contributed by atoms with E-state index >= 15 is 0 Å². The summed E-state index contributed by atoms with van der Waals surface area (Å²) in [7, 11) is 6.12. The number of benzene rings is 1. The first-order valence-electron chi connectivity index (χ1n) is 9.35. The molecule has 1 aromatic heterocycles. The number of hydrogen-bond acceptors (Lipinski definition) is 3. The molecule has 1 fully saturated rings. The van der Waals surface area contributed by atoms with Crippen molar-refractivity contribution in [2.75, 3.05) is 40.8 Å². The first-order valence-corrected chi connectivity index (χ1v) is 9.35. The number of guanidine groups is 1. The van der Waals surface area contributed by atoms with Gasteiger partial charge in [-0.15, -0.1) is 0 Å². The minimum atomic E-state index is 0.694. The average molecular weight is 355 g/mol. The Balaban J connectivity index is 1.54. The second kappa shape index (κ2) is 8.85. The molecule has 26 heavy (non-hydrogen) atoms. The Morgan fingerprint density at radius 2 is 2.15 bits per heavy atom. The third-order valence-corrected chi connectivity index (χ3v) is 4.92. The molecule has 1 aliphatic rings. The van der Waals surface area contributed by atoms with Crippen LogP contribution < -0.4 is 5.32 Å². The van der Waals surface area contributed by atoms with Crippen LogP contribution in [0.4, 0.5) is 0 Å². The molecule has 1 N–H and O–H groups in total. The molecule has 1 saturated heterocycles. The molecule has 1 unspecified atom stereocenters. The van der Waals surface area contributed by atoms with Gasteiger partial charge in [-0.1, -0.05) is 18.2 Å². The summed E-state index contributed by atoms with van der Waals surface area (Å²) >= 11 is 0. The highest BCUT2D eigenvalue weighted by Crippen LogP contribution is 2.14. The van der Waals surface area contributed by atoms with E-state index in [-0.39, 0.29) is 0 Å². The van der Waals surface area contributed by atoms with Crippen LogP contribution >= 0.6 is 0 Å². The summed E-state index contributed by atoms with van der Waals surface area (Å²) in [5, 5.41) is 8.02. The van der Waals surface area contributed by atoms with Gasteiger partial charge >= 0.3 is 0 Å². The number of nitrogens with one attached hydrogen (secondary N) is 1. The minimum Gasteiger partial charge on any atom is -0.356 e. The topological polar surface area (TPSA) is 48.7 Å². The number of likely N-dealkylation sites (tertiary alicyclic amines) is 1. The summed E-state index contributed by atoms with van der Waals surface area (Å²) in [6, 6.07) is 10.2. The Bertz CT molecular complexity index is 708. The zero-order valence-electron chi connectivity index (χ0n) is 16.1. The quantitative estimate of drug-likeness (QED) is 0.661. The lowest BCUT2D eigenvalue weighted by atomic mass is 9.98. The smallest absolute Gasteiger partial charge is 0.193 e. The Labute approximate surface area is 156 Å². The van der Waals surface area contributed by atoms with Crippen molar-refractivity contribution in [3.8, 4) is 5.69 Å². The van der Waals surface area contributed by atoms with Crippen LogP contribution in [0, 0.1) is 5.92 Å². The minimum absolute atomic E-state index is 0.694. The molecule has 0 bridgehead atoms. The first-order chi connectivity index (χ1) is 12.7. The van der Waals surface area contributed by atoms with Gasteiger partial charge in [-0.2, -0.15) is 5.10 Å². The maximum absolute atomic E-state index is 4.48. The normalized spacial score (nSPS) is 18.7. The average Bonchev–Trinajstić information content (AvgIpc) is 3.11. The van der Waals surface area contributed by atoms with Crippen molar-refractivity contribution in [1.82, 2.24) is 24.9 Å². The molecule has 0 saturated carbocycles. The Morgan fingerprint density at radius 3 is 2.88 bits per heavy atom. The molecule has 0 spiro atoms. The van der Waals surface area contributed by atoms with E-state index in [2.05, 4.69) is 57.6 Å². The van der Waals surface area contributed by atoms with Crippen LogP contribution in [-0.4, -0.2) is 66.3 Å². The molecule has 0 aliphatic carbocycles. The third-order valence-electron chi connectivity index (χ3n) is 4.92. The Kier molecular flexibility index (Phi) is 6.28. The zero-order valence-corrected chi connectivity index (χ0v) is 16.1. The number of aliphatic imine (C=N–C) groups is 1. The van der Waals surface area contributed by atoms with Crippen molar-refractivity contribution in [2.45, 2.75) is 19.4 Å². The van der Waals surface area contributed by atoms with Gasteiger partial charge in [-0.3, -0.25) is 4.99 Å². The number of nitrogens with zero attached hydrogens (tertiary/aromatic N) is 5. The largest absolute Gasteiger partial charge is 0.356 e. The highest BCUT2D eigenvalue weighted by Gasteiger charge is 2.18. The molecular weight excluding hydrogens is 324 g/mol. The van der Waals surface area contributed by atoms with Crippen molar-refractivity contribution in [3.63, 3.8) is 0 Å². The molecule has 1 aliphatic heterocycles. The van der Waals surface area contributed by atoms with Crippen molar-refractivity contribution in [2.24, 2.45) is 10.9 Å². The summed E-state index contributed by atoms with van der Waals surface area (Å²) in [5.74, 6) is 1.63. The second-order valence-electron chi connectivity index (χ2n) is 7.18. The predicted octanol–water partition coefficient (Wildman–Crippen LogP) is 2.22. The molecule has 2 aromatic rings. The lowest BCUT2D eigenvalue weighted by Crippen LogP contribution is -2.44. The summed E-state index contributed by atoms with van der Waals surface area (Å²) in [5.41, 5.74) is 2.24. The summed E-state index contributed by atoms with van der Waals surface area (Å²) in [6.07, 6.45) is 6.58. The SMILES string of the molecule is CN=C(NCC1CCCN(C)C1)N(C)Cc1cnn(-c2ccccc2)c1. The number of rotatable bonds is 5. The first kappa shape index (κ1) is 18.5. The predicted molar refractivity (Wildman–Crippen MR) is 107 cm³/mol. The second-order valence-corrected chi connectivity index (χ2v) is 7.18. The van der Waals surface area contributed by atoms with Gasteiger partial charge in [0.2, 0.25) is 0 Å². The molecule has 0 radical (unpaired) electrons. The maximum atomic E-state index is 4.48. The molecule has 6 heteroatoms. The standard InChI is InChI=1S/C20H30N6/c1-21-20(22-12-17-8-7-11-24(2)14-17)25(3)15-18-13-23-26(16-18)19-9-5-4-6-10-19/h4-6,9-10,13,16-17H,7-8,11-12,14-15H2,1-3H3,(H,21,22). The van der Waals surface area contributed by atoms with Crippen LogP contribution in [0.5, 0.6) is 0 Å². The highest BCUT2D eigenvalue weighted by molar-refractivity contribution is 5.79. The van der Waals surface area contributed by atoms with E-state index in [1.165, 1.54) is 19.4 Å². The summed E-state index contributed by atoms with van der Waals surface area (Å²) < 4.78 is 1.91. The van der Waals surface area contributed by atoms with Gasteiger partial charge in [0.1, 0.15) is 0 Å². The molecule has 2 heterocycles. The fourth-order valence-corrected chi connectivity index (χ4v) is 3.57. The lowest BCUT2D eigenvalue weighted by molar-refractivity contribution is 0.209. The van der Waals surface area contributed by atoms with E-state index in [1.807, 2.05) is 36.1 Å². The van der Waals surface area contributed by atoms with Crippen molar-refractivity contribution in [3.05, 3.63) is 48.3 Å². The molecule has 6 nitrogen and oxygen atoms in total. The van der Waals surface area contributed by atoms with Gasteiger partial charge in [0.05, 0.1) is 11.9 Å². The maximum Gasteiger partial charge on any atom is 0.193 e. The van der Waals surface area contributed by atoms with E-state index in [9.17, 15) is 0 Å². The van der Waals surface area contributed by atoms with Crippen molar-refractivity contribution >= 4 is 5.96 Å². The molecule has 140 valence electrons. The lowest BCUT2D eigenvalue weighted by Gasteiger charge is -2.31. The molecule has 1 aromatic carbocycles. The highest BCUT2D eigenvalue weighted by atomic mass is 15.3. The molecule has 1 atom stereocenters. The fraction of sp³-hybridized carbons (Fsp3) is 0.500. The Morgan fingerprint density at radius 1 is 1.35 bits per heavy atom. The van der Waals surface area contributed by atoms with E-state index in [0.29, 0.717) is 5.92 Å². The van der Waals surface area contributed by atoms with Crippen LogP contribution in [0.1, 0.15) is 18.4 Å². The molecular formula is C20H30N6. The summed E-state index contributed by atoms with van der Waals surface area (Å²) in [6.45, 7) is 4.13. The summed E-state index contributed by atoms with van der Waals surface area (Å²) in [4.78, 5) is 9.01.